The fourth-order valence-electron chi connectivity index (χ4n) is 6.87. The van der Waals surface area contributed by atoms with Crippen LogP contribution in [0.15, 0.2) is 0 Å². The van der Waals surface area contributed by atoms with Crippen LogP contribution in [0.4, 0.5) is 0 Å². The number of rotatable bonds is 28. The molecule has 0 aliphatic carbocycles. The average molecular weight is 1230 g/mol. The van der Waals surface area contributed by atoms with E-state index in [-0.39, 0.29) is 225 Å². The Bertz CT molecular complexity index is 1510. The molecule has 1 heterocycles. The molecule has 0 aromatic rings. The molecule has 0 unspecified atom stereocenters. The Morgan fingerprint density at radius 2 is 1.03 bits per heavy atom. The molecule has 384 valence electrons. The molecule has 0 saturated carbocycles. The van der Waals surface area contributed by atoms with Gasteiger partial charge in [-0.2, -0.15) is 14.8 Å². The van der Waals surface area contributed by atoms with E-state index in [0.29, 0.717) is 26.0 Å². The van der Waals surface area contributed by atoms with Gasteiger partial charge in [0.25, 0.3) is 16.6 Å². The minimum absolute atomic E-state index is 0. The van der Waals surface area contributed by atoms with Crippen LogP contribution in [0, 0.1) is 6.92 Å². The summed E-state index contributed by atoms with van der Waals surface area (Å²) in [6.07, 6.45) is 8.83. The summed E-state index contributed by atoms with van der Waals surface area (Å²) in [6, 6.07) is 4.61. The summed E-state index contributed by atoms with van der Waals surface area (Å²) in [5, 5.41) is 8.43. The van der Waals surface area contributed by atoms with Gasteiger partial charge in [0.15, 0.2) is 33.3 Å². The van der Waals surface area contributed by atoms with Gasteiger partial charge in [-0.15, -0.1) is 12.6 Å². The molecule has 18 nitrogen and oxygen atoms in total. The number of hydrogen-bond acceptors (Lipinski definition) is 18. The number of nitrogens with two attached hydrogens (primary N) is 1. The van der Waals surface area contributed by atoms with Gasteiger partial charge in [0, 0.05) is 5.75 Å². The Kier molecular flexibility index (Phi) is 65.0. The van der Waals surface area contributed by atoms with E-state index in [1.165, 1.54) is 37.8 Å². The Morgan fingerprint density at radius 1 is 0.701 bits per heavy atom. The standard InChI is InChI=1S/C19H46NO5SSi3.C13H35NO2Si3.C3H6O3S.CH2O3.4K.O3S.H/c1-9-11-18-27(3,4)24-29(7,8)25-28(5,6)19-13-16-20(14-10-2)15-12-17-26(21,22)23;1-8-9-12-17(2,3)15-19(6,7)16-18(4,5)13-10-11-14;4-7(5)3-1-2-6-7;2-1-4-3;;;;;1-4(2)3;/h2,9-19H2,1,3-8H3,(H,21,22,23);8-14H2,1-7H3;1-3H2;1,3H;;;;;;/q-1;;;;4*+1;;-1/p-2. The van der Waals surface area contributed by atoms with Crippen molar-refractivity contribution in [1.29, 1.82) is 0 Å². The van der Waals surface area contributed by atoms with Crippen molar-refractivity contribution in [1.82, 2.24) is 4.90 Å². The maximum Gasteiger partial charge on any atom is 1.00 e. The molecule has 31 heteroatoms. The second kappa shape index (κ2) is 48.4. The molecule has 0 amide bonds. The molecule has 1 saturated heterocycles. The van der Waals surface area contributed by atoms with E-state index >= 15 is 0 Å². The van der Waals surface area contributed by atoms with Crippen molar-refractivity contribution < 1.29 is 277 Å². The van der Waals surface area contributed by atoms with Crippen molar-refractivity contribution in [2.45, 2.75) is 174 Å². The second-order valence-corrected chi connectivity index (χ2v) is 47.2. The first-order chi connectivity index (χ1) is 28.5. The fraction of sp³-hybridized carbons (Fsp3) is 0.944. The molecule has 0 spiro atoms. The van der Waals surface area contributed by atoms with Crippen LogP contribution in [0.3, 0.4) is 0 Å². The molecule has 0 bridgehead atoms. The molecule has 1 rings (SSSR count). The van der Waals surface area contributed by atoms with Crippen molar-refractivity contribution in [2.24, 2.45) is 5.73 Å². The topological polar surface area (TPSA) is 267 Å². The van der Waals surface area contributed by atoms with Crippen molar-refractivity contribution >= 4 is 87.7 Å². The third kappa shape index (κ3) is 68.5. The predicted molar refractivity (Wildman–Crippen MR) is 264 cm³/mol. The average Bonchev–Trinajstić information content (AvgIpc) is 3.50. The summed E-state index contributed by atoms with van der Waals surface area (Å²) in [7, 11) is -21.1. The van der Waals surface area contributed by atoms with Gasteiger partial charge in [-0.25, -0.2) is 8.42 Å². The maximum atomic E-state index is 10.8. The summed E-state index contributed by atoms with van der Waals surface area (Å²) in [5.74, 6) is -0.0914. The van der Waals surface area contributed by atoms with Crippen LogP contribution in [0.2, 0.25) is 103 Å². The molecule has 2 N–H and O–H groups in total. The predicted octanol–water partition coefficient (Wildman–Crippen LogP) is -5.64. The SMILES string of the molecule is CCCC[Si](C)(C)O[Si](C)(C)O[Si](C)(C)CCCN.O=CO[O-].O=S(=O)=O.O=S1(=O)CCCO1.[CH2-]CCN(CCC[Si](C)(C)O[Si](C)(C)O[Si](C)(C)CCCC)CCCS(=O)(=O)[O-].[H-].[K+].[K+].[K+].[K+]. The molecule has 0 aromatic carbocycles. The molecular weight excluding hydrogens is 1140 g/mol. The first-order valence-corrected chi connectivity index (χ1v) is 44.1. The molecule has 67 heavy (non-hydrogen) atoms. The summed E-state index contributed by atoms with van der Waals surface area (Å²) in [5.41, 5.74) is 5.61. The van der Waals surface area contributed by atoms with Gasteiger partial charge in [0.1, 0.15) is 0 Å². The van der Waals surface area contributed by atoms with E-state index in [0.717, 1.165) is 51.0 Å². The summed E-state index contributed by atoms with van der Waals surface area (Å²) in [4.78, 5) is 13.5. The Balaban J connectivity index is -0.000000109. The minimum Gasteiger partial charge on any atom is -1.00 e. The van der Waals surface area contributed by atoms with Gasteiger partial charge >= 0.3 is 233 Å². The van der Waals surface area contributed by atoms with Gasteiger partial charge in [-0.05, 0) is 155 Å². The monoisotopic (exact) mass is 1220 g/mol. The van der Waals surface area contributed by atoms with Crippen LogP contribution in [0.1, 0.15) is 73.1 Å². The first kappa shape index (κ1) is 90.0. The fourth-order valence-corrected chi connectivity index (χ4v) is 36.8. The number of nitrogens with zero attached hydrogens (tertiary/aromatic N) is 1. The normalized spacial score (nSPS) is 13.6. The number of carbonyl (C=O) groups is 1. The second-order valence-electron chi connectivity index (χ2n) is 18.6. The zero-order chi connectivity index (χ0) is 50.2. The Hall–Kier alpha value is 6.48. The van der Waals surface area contributed by atoms with Crippen molar-refractivity contribution in [2.75, 3.05) is 44.3 Å². The quantitative estimate of drug-likeness (QED) is 0.0146. The van der Waals surface area contributed by atoms with Crippen LogP contribution in [0.25, 0.3) is 0 Å². The smallest absolute Gasteiger partial charge is 1.00 e. The number of hydrogen-bond donors (Lipinski definition) is 1. The minimum atomic E-state index is -4.13. The molecule has 1 fully saturated rings. The Labute approximate surface area is 588 Å². The Morgan fingerprint density at radius 3 is 1.27 bits per heavy atom. The molecule has 1 aliphatic heterocycles. The third-order valence-corrected chi connectivity index (χ3v) is 33.8. The van der Waals surface area contributed by atoms with Crippen LogP contribution >= 0.6 is 0 Å². The van der Waals surface area contributed by atoms with E-state index in [1.807, 2.05) is 0 Å². The van der Waals surface area contributed by atoms with Crippen molar-refractivity contribution in [3.05, 3.63) is 6.92 Å². The van der Waals surface area contributed by atoms with Gasteiger partial charge < -0.3 is 50.1 Å². The molecule has 0 radical (unpaired) electrons. The van der Waals surface area contributed by atoms with E-state index in [1.54, 1.807) is 0 Å². The van der Waals surface area contributed by atoms with Gasteiger partial charge in [0.05, 0.1) is 22.5 Å². The number of carbonyl (C=O) groups excluding carboxylic acids is 1. The van der Waals surface area contributed by atoms with Crippen LogP contribution in [-0.2, 0) is 61.2 Å². The largest absolute Gasteiger partial charge is 1.00 e. The van der Waals surface area contributed by atoms with Crippen LogP contribution < -0.4 is 217 Å². The number of unbranched alkanes of at least 4 members (excludes halogenated alkanes) is 2. The van der Waals surface area contributed by atoms with E-state index in [4.69, 9.17) is 44.9 Å². The van der Waals surface area contributed by atoms with Gasteiger partial charge in [-0.1, -0.05) is 39.5 Å². The van der Waals surface area contributed by atoms with E-state index in [2.05, 4.69) is 113 Å². The zero-order valence-corrected chi connectivity index (χ0v) is 66.1. The molecule has 1 aliphatic rings. The van der Waals surface area contributed by atoms with Gasteiger partial charge in [0.2, 0.25) is 0 Å². The third-order valence-electron chi connectivity index (χ3n) is 8.77. The summed E-state index contributed by atoms with van der Waals surface area (Å²) in [6.45, 7) is 38.8. The van der Waals surface area contributed by atoms with Crippen molar-refractivity contribution in [3.8, 4) is 0 Å². The van der Waals surface area contributed by atoms with E-state index < -0.39 is 81.2 Å². The summed E-state index contributed by atoms with van der Waals surface area (Å²) >= 11 is 0. The maximum absolute atomic E-state index is 10.8. The van der Waals surface area contributed by atoms with Crippen LogP contribution in [0.5, 0.6) is 0 Å². The van der Waals surface area contributed by atoms with E-state index in [9.17, 15) is 21.4 Å². The first-order valence-electron chi connectivity index (χ1n) is 21.8. The van der Waals surface area contributed by atoms with Gasteiger partial charge in [-0.3, -0.25) is 8.98 Å². The molecule has 0 atom stereocenters. The van der Waals surface area contributed by atoms with Crippen LogP contribution in [-0.4, -0.2) is 140 Å². The zero-order valence-electron chi connectivity index (χ0n) is 46.2. The molecule has 0 aromatic heterocycles. The van der Waals surface area contributed by atoms with Crippen molar-refractivity contribution in [3.63, 3.8) is 0 Å². The molecular formula is C36H88K4N2O16S3Si6. The summed E-state index contributed by atoms with van der Waals surface area (Å²) < 4.78 is 109.